The van der Waals surface area contributed by atoms with Crippen molar-refractivity contribution in [1.29, 1.82) is 5.26 Å². The number of carbonyl (C=O) groups excluding carboxylic acids is 1. The van der Waals surface area contributed by atoms with Crippen LogP contribution in [-0.4, -0.2) is 63.5 Å². The van der Waals surface area contributed by atoms with Crippen LogP contribution in [0.4, 0.5) is 4.39 Å². The molecular formula is C22H21FN10O. The fourth-order valence-electron chi connectivity index (χ4n) is 4.27. The maximum Gasteiger partial charge on any atom is 0.236 e. The number of hydrogen-bond acceptors (Lipinski definition) is 8. The number of imidazole rings is 1. The van der Waals surface area contributed by atoms with Gasteiger partial charge >= 0.3 is 0 Å². The number of carbonyl (C=O) groups is 1. The largest absolute Gasteiger partial charge is 0.342 e. The molecule has 4 aromatic heterocycles. The van der Waals surface area contributed by atoms with Gasteiger partial charge in [-0.2, -0.15) is 10.1 Å². The molecule has 5 heterocycles. The molecule has 172 valence electrons. The molecule has 0 bridgehead atoms. The van der Waals surface area contributed by atoms with Crippen LogP contribution < -0.4 is 0 Å². The van der Waals surface area contributed by atoms with E-state index in [4.69, 9.17) is 10.2 Å². The Hall–Kier alpha value is -4.27. The summed E-state index contributed by atoms with van der Waals surface area (Å²) >= 11 is 0. The van der Waals surface area contributed by atoms with Crippen LogP contribution in [-0.2, 0) is 18.3 Å². The number of pyridine rings is 1. The second-order valence-corrected chi connectivity index (χ2v) is 8.28. The molecular weight excluding hydrogens is 439 g/mol. The molecule has 12 heteroatoms. The Morgan fingerprint density at radius 2 is 2.18 bits per heavy atom. The normalized spacial score (nSPS) is 16.0. The molecule has 0 aromatic carbocycles. The first kappa shape index (κ1) is 21.6. The highest BCUT2D eigenvalue weighted by atomic mass is 19.1. The lowest BCUT2D eigenvalue weighted by atomic mass is 9.93. The minimum absolute atomic E-state index is 0.113. The number of fused-ring (bicyclic) bond motifs is 1. The molecule has 0 spiro atoms. The number of tetrazole rings is 1. The number of aromatic nitrogens is 8. The van der Waals surface area contributed by atoms with Crippen molar-refractivity contribution in [2.75, 3.05) is 13.1 Å². The van der Waals surface area contributed by atoms with Gasteiger partial charge in [0.15, 0.2) is 5.82 Å². The van der Waals surface area contributed by atoms with E-state index in [1.54, 1.807) is 28.6 Å². The third kappa shape index (κ3) is 4.32. The Balaban J connectivity index is 1.51. The summed E-state index contributed by atoms with van der Waals surface area (Å²) < 4.78 is 15.5. The number of halogens is 1. The molecule has 0 aliphatic carbocycles. The van der Waals surface area contributed by atoms with Crippen LogP contribution in [0.15, 0.2) is 30.6 Å². The highest BCUT2D eigenvalue weighted by molar-refractivity contribution is 5.78. The summed E-state index contributed by atoms with van der Waals surface area (Å²) in [6, 6.07) is 6.68. The van der Waals surface area contributed by atoms with E-state index in [0.717, 1.165) is 18.5 Å². The van der Waals surface area contributed by atoms with E-state index in [9.17, 15) is 9.18 Å². The van der Waals surface area contributed by atoms with E-state index in [1.165, 1.54) is 17.1 Å². The quantitative estimate of drug-likeness (QED) is 0.441. The Kier molecular flexibility index (Phi) is 5.67. The first-order valence-corrected chi connectivity index (χ1v) is 10.9. The average molecular weight is 460 g/mol. The van der Waals surface area contributed by atoms with Gasteiger partial charge in [-0.1, -0.05) is 0 Å². The number of likely N-dealkylation sites (tertiary alicyclic amines) is 1. The molecule has 1 aliphatic heterocycles. The molecule has 4 aromatic rings. The second kappa shape index (κ2) is 8.93. The number of aryl methyl sites for hydroxylation is 1. The first-order valence-electron chi connectivity index (χ1n) is 10.9. The number of piperidine rings is 1. The van der Waals surface area contributed by atoms with E-state index in [1.807, 2.05) is 12.1 Å². The fraction of sp³-hybridized carbons (Fsp3) is 0.364. The smallest absolute Gasteiger partial charge is 0.236 e. The van der Waals surface area contributed by atoms with Gasteiger partial charge in [0.05, 0.1) is 19.3 Å². The van der Waals surface area contributed by atoms with Crippen molar-refractivity contribution in [3.63, 3.8) is 0 Å². The molecule has 1 fully saturated rings. The summed E-state index contributed by atoms with van der Waals surface area (Å²) in [7, 11) is 1.67. The van der Waals surface area contributed by atoms with Gasteiger partial charge < -0.3 is 4.90 Å². The van der Waals surface area contributed by atoms with Gasteiger partial charge in [0.2, 0.25) is 11.7 Å². The molecule has 1 saturated heterocycles. The van der Waals surface area contributed by atoms with Gasteiger partial charge in [0.1, 0.15) is 29.3 Å². The molecule has 0 saturated carbocycles. The third-order valence-corrected chi connectivity index (χ3v) is 5.82. The summed E-state index contributed by atoms with van der Waals surface area (Å²) in [4.78, 5) is 29.0. The first-order chi connectivity index (χ1) is 16.5. The molecule has 11 nitrogen and oxygen atoms in total. The molecule has 0 N–H and O–H groups in total. The van der Waals surface area contributed by atoms with Crippen LogP contribution in [0.3, 0.4) is 0 Å². The second-order valence-electron chi connectivity index (χ2n) is 8.28. The zero-order chi connectivity index (χ0) is 23.7. The van der Waals surface area contributed by atoms with Crippen LogP contribution >= 0.6 is 0 Å². The zero-order valence-electron chi connectivity index (χ0n) is 18.5. The van der Waals surface area contributed by atoms with Crippen LogP contribution in [0.25, 0.3) is 28.7 Å². The fourth-order valence-corrected chi connectivity index (χ4v) is 4.27. The summed E-state index contributed by atoms with van der Waals surface area (Å²) in [5.74, 6) is 0.352. The van der Waals surface area contributed by atoms with Crippen LogP contribution in [0.5, 0.6) is 0 Å². The van der Waals surface area contributed by atoms with E-state index >= 15 is 0 Å². The number of amides is 1. The van der Waals surface area contributed by atoms with Crippen molar-refractivity contribution in [3.05, 3.63) is 42.1 Å². The van der Waals surface area contributed by atoms with Crippen LogP contribution in [0, 0.1) is 23.1 Å². The monoisotopic (exact) mass is 460 g/mol. The van der Waals surface area contributed by atoms with Gasteiger partial charge in [-0.05, 0) is 48.6 Å². The van der Waals surface area contributed by atoms with Crippen LogP contribution in [0.2, 0.25) is 0 Å². The van der Waals surface area contributed by atoms with Crippen molar-refractivity contribution in [1.82, 2.24) is 44.5 Å². The Labute approximate surface area is 193 Å². The van der Waals surface area contributed by atoms with Gasteiger partial charge in [0.25, 0.3) is 0 Å². The molecule has 0 radical (unpaired) electrons. The molecule has 0 unspecified atom stereocenters. The van der Waals surface area contributed by atoms with Crippen molar-refractivity contribution in [3.8, 4) is 29.1 Å². The Bertz CT molecular complexity index is 1400. The molecule has 1 amide bonds. The minimum atomic E-state index is -0.400. The summed E-state index contributed by atoms with van der Waals surface area (Å²) in [6.45, 7) is 1.23. The standard InChI is InChI=1S/C22H21FN10O/c1-31-29-21(28-30-31)17-10-16(9-14-3-2-8-32(12-14)20(34)6-7-24)26-22(27-17)18-11-25-19-5-4-15(23)13-33(18)19/h4-5,10-11,13-14H,2-3,6,8-9,12H2,1H3/t14-/m0/s1. The maximum absolute atomic E-state index is 13.9. The number of hydrogen-bond donors (Lipinski definition) is 0. The van der Waals surface area contributed by atoms with Gasteiger partial charge in [-0.25, -0.2) is 19.3 Å². The number of nitriles is 1. The lowest BCUT2D eigenvalue weighted by molar-refractivity contribution is -0.131. The zero-order valence-corrected chi connectivity index (χ0v) is 18.5. The van der Waals surface area contributed by atoms with Crippen molar-refractivity contribution >= 4 is 11.6 Å². The highest BCUT2D eigenvalue weighted by Gasteiger charge is 2.25. The third-order valence-electron chi connectivity index (χ3n) is 5.82. The van der Waals surface area contributed by atoms with Crippen molar-refractivity contribution < 1.29 is 9.18 Å². The van der Waals surface area contributed by atoms with Gasteiger partial charge in [-0.15, -0.1) is 10.2 Å². The maximum atomic E-state index is 13.9. The lowest BCUT2D eigenvalue weighted by Crippen LogP contribution is -2.40. The van der Waals surface area contributed by atoms with E-state index in [0.29, 0.717) is 48.2 Å². The van der Waals surface area contributed by atoms with Crippen LogP contribution in [0.1, 0.15) is 25.0 Å². The summed E-state index contributed by atoms with van der Waals surface area (Å²) in [5.41, 5.74) is 2.35. The molecule has 1 atom stereocenters. The molecule has 1 aliphatic rings. The summed E-state index contributed by atoms with van der Waals surface area (Å²) in [5, 5.41) is 21.1. The molecule has 5 rings (SSSR count). The number of nitrogens with zero attached hydrogens (tertiary/aromatic N) is 10. The van der Waals surface area contributed by atoms with Crippen molar-refractivity contribution in [2.24, 2.45) is 13.0 Å². The number of rotatable bonds is 5. The molecule has 34 heavy (non-hydrogen) atoms. The van der Waals surface area contributed by atoms with E-state index in [-0.39, 0.29) is 18.2 Å². The summed E-state index contributed by atoms with van der Waals surface area (Å²) in [6.07, 6.45) is 5.24. The van der Waals surface area contributed by atoms with Crippen molar-refractivity contribution in [2.45, 2.75) is 25.7 Å². The lowest BCUT2D eigenvalue weighted by Gasteiger charge is -2.32. The SMILES string of the molecule is Cn1nnc(-c2cc(C[C@@H]3CCCN(C(=O)CC#N)C3)nc(-c3cnc4ccc(F)cn34)n2)n1. The Morgan fingerprint density at radius 3 is 2.97 bits per heavy atom. The highest BCUT2D eigenvalue weighted by Crippen LogP contribution is 2.25. The predicted molar refractivity (Wildman–Crippen MR) is 117 cm³/mol. The predicted octanol–water partition coefficient (Wildman–Crippen LogP) is 1.82. The van der Waals surface area contributed by atoms with Gasteiger partial charge in [-0.3, -0.25) is 9.20 Å². The van der Waals surface area contributed by atoms with Gasteiger partial charge in [0, 0.05) is 25.0 Å². The Morgan fingerprint density at radius 1 is 1.29 bits per heavy atom. The average Bonchev–Trinajstić information content (AvgIpc) is 3.45. The minimum Gasteiger partial charge on any atom is -0.342 e. The van der Waals surface area contributed by atoms with E-state index in [2.05, 4.69) is 25.4 Å². The van der Waals surface area contributed by atoms with E-state index < -0.39 is 5.82 Å². The topological polar surface area (TPSA) is 131 Å².